The molecular weight excluding hydrogens is 280 g/mol. The fourth-order valence-electron chi connectivity index (χ4n) is 1.47. The fourth-order valence-corrected chi connectivity index (χ4v) is 2.17. The topological polar surface area (TPSA) is 88.3 Å². The quantitative estimate of drug-likeness (QED) is 0.605. The van der Waals surface area contributed by atoms with Crippen molar-refractivity contribution in [2.75, 3.05) is 7.11 Å². The van der Waals surface area contributed by atoms with Crippen LogP contribution in [-0.4, -0.2) is 23.3 Å². The monoisotopic (exact) mass is 291 g/mol. The number of methoxy groups -OCH3 is 1. The van der Waals surface area contributed by atoms with Crippen LogP contribution in [0.3, 0.4) is 0 Å². The number of hydrogen-bond acceptors (Lipinski definition) is 7. The number of carbonyl (C=O) groups is 1. The Morgan fingerprint density at radius 2 is 2.15 bits per heavy atom. The molecule has 0 saturated heterocycles. The highest BCUT2D eigenvalue weighted by Gasteiger charge is 2.10. The lowest BCUT2D eigenvalue weighted by Crippen LogP contribution is -2.23. The van der Waals surface area contributed by atoms with Gasteiger partial charge in [0.1, 0.15) is 5.75 Å². The summed E-state index contributed by atoms with van der Waals surface area (Å²) in [5.74, 6) is -0.396. The van der Waals surface area contributed by atoms with Gasteiger partial charge in [0, 0.05) is 17.4 Å². The molecule has 0 amide bonds. The molecule has 1 aromatic heterocycles. The molecule has 1 heterocycles. The molecule has 0 fully saturated rings. The van der Waals surface area contributed by atoms with Gasteiger partial charge in [0.05, 0.1) is 13.1 Å². The number of aliphatic carboxylic acids is 1. The number of aromatic nitrogens is 2. The minimum absolute atomic E-state index is 0.0434. The third kappa shape index (κ3) is 3.39. The Morgan fingerprint density at radius 1 is 1.40 bits per heavy atom. The van der Waals surface area contributed by atoms with Crippen molar-refractivity contribution in [3.8, 4) is 5.75 Å². The first-order valence-corrected chi connectivity index (χ1v) is 6.46. The van der Waals surface area contributed by atoms with Crippen molar-refractivity contribution < 1.29 is 19.1 Å². The Bertz CT molecular complexity index is 651. The Hall–Kier alpha value is -2.28. The summed E-state index contributed by atoms with van der Waals surface area (Å²) >= 11 is 0.835. The number of rotatable bonds is 5. The maximum Gasteiger partial charge on any atom is 0.281 e. The number of hydrogen-bond donors (Lipinski definition) is 0. The highest BCUT2D eigenvalue weighted by molar-refractivity contribution is 8.03. The van der Waals surface area contributed by atoms with E-state index in [1.54, 1.807) is 31.2 Å². The molecule has 0 aliphatic heterocycles. The van der Waals surface area contributed by atoms with Crippen molar-refractivity contribution in [2.24, 2.45) is 0 Å². The summed E-state index contributed by atoms with van der Waals surface area (Å²) in [5.41, 5.74) is 0.623. The van der Waals surface area contributed by atoms with E-state index in [9.17, 15) is 9.90 Å². The van der Waals surface area contributed by atoms with E-state index in [1.165, 1.54) is 13.2 Å². The van der Waals surface area contributed by atoms with Crippen LogP contribution in [0.15, 0.2) is 38.8 Å². The molecule has 20 heavy (non-hydrogen) atoms. The average Bonchev–Trinajstić information content (AvgIpc) is 2.84. The summed E-state index contributed by atoms with van der Waals surface area (Å²) < 4.78 is 10.3. The number of aryl methyl sites for hydroxylation is 1. The molecule has 104 valence electrons. The van der Waals surface area contributed by atoms with Gasteiger partial charge < -0.3 is 19.1 Å². The second-order valence-electron chi connectivity index (χ2n) is 3.73. The van der Waals surface area contributed by atoms with Crippen LogP contribution in [0.1, 0.15) is 11.5 Å². The molecule has 0 aliphatic carbocycles. The van der Waals surface area contributed by atoms with E-state index in [0.29, 0.717) is 17.2 Å². The second-order valence-corrected chi connectivity index (χ2v) is 4.72. The van der Waals surface area contributed by atoms with Crippen molar-refractivity contribution in [1.29, 1.82) is 0 Å². The molecule has 0 radical (unpaired) electrons. The predicted octanol–water partition coefficient (Wildman–Crippen LogP) is 1.27. The van der Waals surface area contributed by atoms with Gasteiger partial charge in [0.25, 0.3) is 5.22 Å². The Morgan fingerprint density at radius 3 is 2.75 bits per heavy atom. The van der Waals surface area contributed by atoms with Crippen molar-refractivity contribution >= 4 is 23.8 Å². The van der Waals surface area contributed by atoms with Gasteiger partial charge in [-0.05, 0) is 23.9 Å². The van der Waals surface area contributed by atoms with Crippen LogP contribution in [0.5, 0.6) is 5.75 Å². The van der Waals surface area contributed by atoms with Crippen molar-refractivity contribution in [3.05, 3.63) is 40.6 Å². The molecule has 0 aliphatic rings. The zero-order valence-corrected chi connectivity index (χ0v) is 11.6. The van der Waals surface area contributed by atoms with Crippen molar-refractivity contribution in [1.82, 2.24) is 10.2 Å². The molecule has 1 aromatic carbocycles. The third-order valence-electron chi connectivity index (χ3n) is 2.33. The van der Waals surface area contributed by atoms with Crippen LogP contribution in [0.4, 0.5) is 0 Å². The van der Waals surface area contributed by atoms with Gasteiger partial charge in [0.15, 0.2) is 0 Å². The molecule has 0 unspecified atom stereocenters. The molecule has 0 atom stereocenters. The highest BCUT2D eigenvalue weighted by Crippen LogP contribution is 2.29. The number of carbonyl (C=O) groups excluding carboxylic acids is 1. The number of para-hydroxylation sites is 1. The van der Waals surface area contributed by atoms with E-state index in [1.807, 2.05) is 0 Å². The Labute approximate surface area is 119 Å². The Kier molecular flexibility index (Phi) is 4.41. The van der Waals surface area contributed by atoms with Crippen molar-refractivity contribution in [3.63, 3.8) is 0 Å². The van der Waals surface area contributed by atoms with Crippen LogP contribution < -0.4 is 9.84 Å². The van der Waals surface area contributed by atoms with E-state index < -0.39 is 5.97 Å². The minimum atomic E-state index is -1.32. The smallest absolute Gasteiger partial charge is 0.281 e. The molecule has 2 aromatic rings. The van der Waals surface area contributed by atoms with Gasteiger partial charge in [-0.2, -0.15) is 0 Å². The molecule has 0 N–H and O–H groups in total. The van der Waals surface area contributed by atoms with Gasteiger partial charge in [-0.3, -0.25) is 0 Å². The zero-order chi connectivity index (χ0) is 14.5. The maximum absolute atomic E-state index is 11.2. The minimum Gasteiger partial charge on any atom is -0.544 e. The standard InChI is InChI=1S/C13H12N2O4S/c1-8-14-15-13(19-8)20-11(12(16)17)7-9-5-3-4-6-10(9)18-2/h3-7H,1-2H3,(H,16,17)/p-1/b11-7+. The molecule has 2 rings (SSSR count). The Balaban J connectivity index is 2.32. The molecule has 6 nitrogen and oxygen atoms in total. The van der Waals surface area contributed by atoms with E-state index in [4.69, 9.17) is 9.15 Å². The predicted molar refractivity (Wildman–Crippen MR) is 70.9 cm³/mol. The lowest BCUT2D eigenvalue weighted by Gasteiger charge is -2.08. The van der Waals surface area contributed by atoms with E-state index in [2.05, 4.69) is 10.2 Å². The first kappa shape index (κ1) is 14.1. The molecule has 0 saturated carbocycles. The first-order chi connectivity index (χ1) is 9.60. The van der Waals surface area contributed by atoms with E-state index in [-0.39, 0.29) is 10.1 Å². The third-order valence-corrected chi connectivity index (χ3v) is 3.18. The number of benzene rings is 1. The van der Waals surface area contributed by atoms with Gasteiger partial charge >= 0.3 is 0 Å². The maximum atomic E-state index is 11.2. The van der Waals surface area contributed by atoms with Crippen LogP contribution in [0.25, 0.3) is 6.08 Å². The van der Waals surface area contributed by atoms with E-state index in [0.717, 1.165) is 11.8 Å². The van der Waals surface area contributed by atoms with Gasteiger partial charge in [-0.15, -0.1) is 10.2 Å². The lowest BCUT2D eigenvalue weighted by atomic mass is 10.2. The number of carboxylic acid groups (broad SMARTS) is 1. The van der Waals surface area contributed by atoms with Crippen LogP contribution in [-0.2, 0) is 4.79 Å². The summed E-state index contributed by atoms with van der Waals surface area (Å²) in [5, 5.41) is 18.7. The van der Waals surface area contributed by atoms with Gasteiger partial charge in [-0.25, -0.2) is 0 Å². The molecule has 0 bridgehead atoms. The summed E-state index contributed by atoms with van der Waals surface area (Å²) in [7, 11) is 1.51. The number of carboxylic acids is 1. The van der Waals surface area contributed by atoms with Crippen LogP contribution in [0.2, 0.25) is 0 Å². The van der Waals surface area contributed by atoms with Crippen molar-refractivity contribution in [2.45, 2.75) is 12.1 Å². The largest absolute Gasteiger partial charge is 0.544 e. The normalized spacial score (nSPS) is 11.4. The summed E-state index contributed by atoms with van der Waals surface area (Å²) in [6.45, 7) is 1.62. The summed E-state index contributed by atoms with van der Waals surface area (Å²) in [6, 6.07) is 7.05. The van der Waals surface area contributed by atoms with Gasteiger partial charge in [0.2, 0.25) is 5.89 Å². The number of ether oxygens (including phenoxy) is 1. The zero-order valence-electron chi connectivity index (χ0n) is 10.8. The number of nitrogens with zero attached hydrogens (tertiary/aromatic N) is 2. The SMILES string of the molecule is COc1ccccc1/C=C(/Sc1nnc(C)o1)C(=O)[O-]. The van der Waals surface area contributed by atoms with E-state index >= 15 is 0 Å². The average molecular weight is 291 g/mol. The summed E-state index contributed by atoms with van der Waals surface area (Å²) in [4.78, 5) is 11.1. The highest BCUT2D eigenvalue weighted by atomic mass is 32.2. The molecular formula is C13H11N2O4S-. The molecule has 7 heteroatoms. The fraction of sp³-hybridized carbons (Fsp3) is 0.154. The summed E-state index contributed by atoms with van der Waals surface area (Å²) in [6.07, 6.45) is 1.44. The van der Waals surface area contributed by atoms with Gasteiger partial charge in [-0.1, -0.05) is 18.2 Å². The van der Waals surface area contributed by atoms with Crippen LogP contribution in [0, 0.1) is 6.92 Å². The first-order valence-electron chi connectivity index (χ1n) is 5.64. The number of thioether (sulfide) groups is 1. The second kappa shape index (κ2) is 6.25. The molecule has 0 spiro atoms. The van der Waals surface area contributed by atoms with Crippen LogP contribution >= 0.6 is 11.8 Å². The lowest BCUT2D eigenvalue weighted by molar-refractivity contribution is -0.298.